The topological polar surface area (TPSA) is 0 Å². The molecule has 2 aliphatic rings. The highest BCUT2D eigenvalue weighted by molar-refractivity contribution is 7.80. The predicted octanol–water partition coefficient (Wildman–Crippen LogP) is 4.94. The van der Waals surface area contributed by atoms with Crippen LogP contribution in [0.5, 0.6) is 0 Å². The lowest BCUT2D eigenvalue weighted by Gasteiger charge is -2.36. The van der Waals surface area contributed by atoms with Crippen LogP contribution in [0.2, 0.25) is 0 Å². The zero-order valence-corrected chi connectivity index (χ0v) is 10.3. The van der Waals surface area contributed by atoms with Crippen LogP contribution in [0.15, 0.2) is 0 Å². The summed E-state index contributed by atoms with van der Waals surface area (Å²) in [6.07, 6.45) is 11.7. The van der Waals surface area contributed by atoms with Gasteiger partial charge in [0, 0.05) is 5.25 Å². The Morgan fingerprint density at radius 2 is 1.13 bits per heavy atom. The van der Waals surface area contributed by atoms with E-state index in [4.69, 9.17) is 0 Å². The van der Waals surface area contributed by atoms with E-state index in [1.165, 1.54) is 51.4 Å². The summed E-state index contributed by atoms with van der Waals surface area (Å²) in [6.45, 7) is 2.42. The highest BCUT2D eigenvalue weighted by Crippen LogP contribution is 2.40. The van der Waals surface area contributed by atoms with Crippen molar-refractivity contribution in [3.05, 3.63) is 0 Å². The van der Waals surface area contributed by atoms with Crippen LogP contribution in [0.25, 0.3) is 0 Å². The van der Waals surface area contributed by atoms with Crippen molar-refractivity contribution in [2.45, 2.75) is 71.0 Å². The molecule has 15 heavy (non-hydrogen) atoms. The Kier molecular flexibility index (Phi) is 5.52. The second-order valence-electron chi connectivity index (χ2n) is 5.59. The Bertz CT molecular complexity index is 142. The van der Waals surface area contributed by atoms with Gasteiger partial charge in [-0.25, -0.2) is 0 Å². The third-order valence-corrected chi connectivity index (χ3v) is 4.98. The molecule has 0 N–H and O–H groups in total. The largest absolute Gasteiger partial charge is 0.176 e. The lowest BCUT2D eigenvalue weighted by molar-refractivity contribution is 0.175. The molecule has 0 saturated heterocycles. The quantitative estimate of drug-likeness (QED) is 0.604. The lowest BCUT2D eigenvalue weighted by atomic mass is 9.71. The Labute approximate surface area is 102 Å². The zero-order chi connectivity index (χ0) is 9.97. The number of hydrogen-bond acceptors (Lipinski definition) is 1. The van der Waals surface area contributed by atoms with E-state index in [2.05, 4.69) is 19.6 Å². The van der Waals surface area contributed by atoms with E-state index in [-0.39, 0.29) is 7.43 Å². The van der Waals surface area contributed by atoms with Crippen LogP contribution in [0.3, 0.4) is 0 Å². The van der Waals surface area contributed by atoms with Crippen molar-refractivity contribution in [2.24, 2.45) is 17.8 Å². The normalized spacial score (nSPS) is 42.0. The van der Waals surface area contributed by atoms with E-state index in [9.17, 15) is 0 Å². The summed E-state index contributed by atoms with van der Waals surface area (Å²) in [4.78, 5) is 0. The summed E-state index contributed by atoms with van der Waals surface area (Å²) in [5, 5.41) is 0.716. The summed E-state index contributed by atoms with van der Waals surface area (Å²) in [5.41, 5.74) is 0. The van der Waals surface area contributed by atoms with Crippen LogP contribution in [-0.2, 0) is 0 Å². The van der Waals surface area contributed by atoms with Crippen LogP contribution in [-0.4, -0.2) is 5.25 Å². The van der Waals surface area contributed by atoms with Crippen molar-refractivity contribution in [2.75, 3.05) is 0 Å². The van der Waals surface area contributed by atoms with Crippen LogP contribution in [0.4, 0.5) is 0 Å². The van der Waals surface area contributed by atoms with Gasteiger partial charge in [-0.2, -0.15) is 12.6 Å². The van der Waals surface area contributed by atoms with Gasteiger partial charge in [0.05, 0.1) is 0 Å². The zero-order valence-electron chi connectivity index (χ0n) is 9.41. The average molecular weight is 228 g/mol. The Balaban J connectivity index is 0.00000112. The molecule has 90 valence electrons. The maximum absolute atomic E-state index is 4.58. The maximum Gasteiger partial charge on any atom is 0.00170 e. The van der Waals surface area contributed by atoms with Gasteiger partial charge in [0.25, 0.3) is 0 Å². The molecule has 0 aromatic rings. The van der Waals surface area contributed by atoms with Gasteiger partial charge in [-0.15, -0.1) is 0 Å². The van der Waals surface area contributed by atoms with Gasteiger partial charge in [0.1, 0.15) is 0 Å². The van der Waals surface area contributed by atoms with Crippen molar-refractivity contribution in [1.29, 1.82) is 0 Å². The molecule has 0 unspecified atom stereocenters. The van der Waals surface area contributed by atoms with E-state index in [0.29, 0.717) is 5.25 Å². The molecule has 0 aromatic heterocycles. The Hall–Kier alpha value is 0.350. The highest BCUT2D eigenvalue weighted by Gasteiger charge is 2.28. The molecule has 0 amide bonds. The molecular formula is C14H28S. The minimum absolute atomic E-state index is 0. The molecule has 0 spiro atoms. The molecule has 0 bridgehead atoms. The molecule has 0 atom stereocenters. The van der Waals surface area contributed by atoms with E-state index in [1.54, 1.807) is 0 Å². The van der Waals surface area contributed by atoms with Gasteiger partial charge in [-0.3, -0.25) is 0 Å². The van der Waals surface area contributed by atoms with E-state index >= 15 is 0 Å². The first-order chi connectivity index (χ1) is 6.75. The molecule has 2 saturated carbocycles. The van der Waals surface area contributed by atoms with Crippen molar-refractivity contribution < 1.29 is 0 Å². The molecule has 1 heteroatoms. The molecule has 0 nitrogen and oxygen atoms in total. The van der Waals surface area contributed by atoms with Gasteiger partial charge in [0.15, 0.2) is 0 Å². The minimum Gasteiger partial charge on any atom is -0.176 e. The summed E-state index contributed by atoms with van der Waals surface area (Å²) in [5.74, 6) is 3.14. The molecule has 0 heterocycles. The predicted molar refractivity (Wildman–Crippen MR) is 72.6 cm³/mol. The SMILES string of the molecule is C.CC1CCC(C2CCC(S)CC2)CC1. The minimum atomic E-state index is 0. The maximum atomic E-state index is 4.58. The van der Waals surface area contributed by atoms with Crippen LogP contribution in [0, 0.1) is 17.8 Å². The second-order valence-corrected chi connectivity index (χ2v) is 6.32. The summed E-state index contributed by atoms with van der Waals surface area (Å²) < 4.78 is 0. The van der Waals surface area contributed by atoms with Gasteiger partial charge in [-0.05, 0) is 56.3 Å². The van der Waals surface area contributed by atoms with Crippen LogP contribution < -0.4 is 0 Å². The molecule has 0 aromatic carbocycles. The first-order valence-corrected chi connectivity index (χ1v) is 6.95. The number of thiol groups is 1. The van der Waals surface area contributed by atoms with Gasteiger partial charge < -0.3 is 0 Å². The van der Waals surface area contributed by atoms with E-state index < -0.39 is 0 Å². The molecule has 2 aliphatic carbocycles. The fourth-order valence-electron chi connectivity index (χ4n) is 3.33. The van der Waals surface area contributed by atoms with E-state index in [1.807, 2.05) is 0 Å². The van der Waals surface area contributed by atoms with Gasteiger partial charge in [0.2, 0.25) is 0 Å². The number of hydrogen-bond donors (Lipinski definition) is 1. The highest BCUT2D eigenvalue weighted by atomic mass is 32.1. The first-order valence-electron chi connectivity index (χ1n) is 6.43. The van der Waals surface area contributed by atoms with Gasteiger partial charge >= 0.3 is 0 Å². The molecule has 2 rings (SSSR count). The molecule has 2 fully saturated rings. The third-order valence-electron chi connectivity index (χ3n) is 4.47. The molecular weight excluding hydrogens is 200 g/mol. The van der Waals surface area contributed by atoms with Crippen LogP contribution in [0.1, 0.15) is 65.7 Å². The van der Waals surface area contributed by atoms with E-state index in [0.717, 1.165) is 17.8 Å². The third kappa shape index (κ3) is 3.69. The first kappa shape index (κ1) is 13.4. The van der Waals surface area contributed by atoms with Crippen molar-refractivity contribution in [3.8, 4) is 0 Å². The summed E-state index contributed by atoms with van der Waals surface area (Å²) in [7, 11) is 0. The Morgan fingerprint density at radius 3 is 1.60 bits per heavy atom. The van der Waals surface area contributed by atoms with Crippen molar-refractivity contribution in [1.82, 2.24) is 0 Å². The van der Waals surface area contributed by atoms with Gasteiger partial charge in [-0.1, -0.05) is 27.2 Å². The molecule has 0 radical (unpaired) electrons. The Morgan fingerprint density at radius 1 is 0.733 bits per heavy atom. The number of rotatable bonds is 1. The standard InChI is InChI=1S/C13H24S.CH4/c1-10-2-4-11(5-3-10)12-6-8-13(14)9-7-12;/h10-14H,2-9H2,1H3;1H4. The monoisotopic (exact) mass is 228 g/mol. The lowest BCUT2D eigenvalue weighted by Crippen LogP contribution is -2.25. The smallest absolute Gasteiger partial charge is 0.00170 e. The van der Waals surface area contributed by atoms with Crippen molar-refractivity contribution in [3.63, 3.8) is 0 Å². The second kappa shape index (κ2) is 6.18. The summed E-state index contributed by atoms with van der Waals surface area (Å²) >= 11 is 4.58. The summed E-state index contributed by atoms with van der Waals surface area (Å²) in [6, 6.07) is 0. The average Bonchev–Trinajstić information content (AvgIpc) is 2.21. The van der Waals surface area contributed by atoms with Crippen LogP contribution >= 0.6 is 12.6 Å². The van der Waals surface area contributed by atoms with Crippen molar-refractivity contribution >= 4 is 12.6 Å². The molecule has 0 aliphatic heterocycles. The fraction of sp³-hybridized carbons (Fsp3) is 1.00. The fourth-order valence-corrected chi connectivity index (χ4v) is 3.63.